The number of benzene rings is 2. The number of nitrogens with zero attached hydrogens (tertiary/aromatic N) is 2. The van der Waals surface area contributed by atoms with E-state index in [-0.39, 0.29) is 11.4 Å². The number of hydroxylamine groups is 2. The van der Waals surface area contributed by atoms with Crippen LogP contribution in [0.5, 0.6) is 0 Å². The molecule has 108 valence electrons. The first-order chi connectivity index (χ1) is 10.1. The largest absolute Gasteiger partial charge is 0.281 e. The monoisotopic (exact) mass is 286 g/mol. The quantitative estimate of drug-likeness (QED) is 0.513. The van der Waals surface area contributed by atoms with Crippen LogP contribution >= 0.6 is 0 Å². The van der Waals surface area contributed by atoms with Crippen molar-refractivity contribution < 1.29 is 20.0 Å². The van der Waals surface area contributed by atoms with Crippen LogP contribution in [0.3, 0.4) is 0 Å². The zero-order valence-corrected chi connectivity index (χ0v) is 11.1. The summed E-state index contributed by atoms with van der Waals surface area (Å²) in [4.78, 5) is 23.6. The maximum atomic E-state index is 11.8. The van der Waals surface area contributed by atoms with E-state index in [0.29, 0.717) is 10.1 Å². The highest BCUT2D eigenvalue weighted by atomic mass is 16.5. The molecule has 2 N–H and O–H groups in total. The molecule has 0 fully saturated rings. The second kappa shape index (κ2) is 6.65. The van der Waals surface area contributed by atoms with Crippen molar-refractivity contribution in [3.05, 3.63) is 60.7 Å². The molecule has 6 heteroatoms. The Morgan fingerprint density at radius 1 is 0.714 bits per heavy atom. The third-order valence-corrected chi connectivity index (χ3v) is 2.78. The molecule has 0 aliphatic heterocycles. The van der Waals surface area contributed by atoms with Gasteiger partial charge in [-0.2, -0.15) is 10.1 Å². The van der Waals surface area contributed by atoms with E-state index in [1.165, 1.54) is 24.3 Å². The van der Waals surface area contributed by atoms with Crippen LogP contribution in [0, 0.1) is 0 Å². The first-order valence-corrected chi connectivity index (χ1v) is 6.23. The van der Waals surface area contributed by atoms with Crippen LogP contribution in [-0.2, 0) is 9.59 Å². The van der Waals surface area contributed by atoms with Gasteiger partial charge in [-0.1, -0.05) is 36.4 Å². The van der Waals surface area contributed by atoms with Gasteiger partial charge in [0.05, 0.1) is 11.4 Å². The lowest BCUT2D eigenvalue weighted by molar-refractivity contribution is -0.132. The summed E-state index contributed by atoms with van der Waals surface area (Å²) < 4.78 is 0. The smallest absolute Gasteiger partial charge is 0.260 e. The maximum absolute atomic E-state index is 11.8. The first-order valence-electron chi connectivity index (χ1n) is 6.23. The average Bonchev–Trinajstić information content (AvgIpc) is 2.55. The lowest BCUT2D eigenvalue weighted by Crippen LogP contribution is -2.35. The molecule has 6 nitrogen and oxygen atoms in total. The topological polar surface area (TPSA) is 81.1 Å². The number of hydrogen-bond donors (Lipinski definition) is 2. The fraction of sp³-hybridized carbons (Fsp3) is 0.0667. The van der Waals surface area contributed by atoms with Crippen LogP contribution in [0.4, 0.5) is 11.4 Å². The molecule has 0 aliphatic rings. The molecule has 0 saturated carbocycles. The highest BCUT2D eigenvalue weighted by Gasteiger charge is 2.21. The Bertz CT molecular complexity index is 561. The maximum Gasteiger partial charge on any atom is 0.260 e. The Hall–Kier alpha value is -2.70. The summed E-state index contributed by atoms with van der Waals surface area (Å²) in [6, 6.07) is 16.2. The van der Waals surface area contributed by atoms with Crippen molar-refractivity contribution in [1.29, 1.82) is 0 Å². The van der Waals surface area contributed by atoms with Crippen molar-refractivity contribution in [1.82, 2.24) is 0 Å². The molecule has 21 heavy (non-hydrogen) atoms. The normalized spacial score (nSPS) is 10.0. The van der Waals surface area contributed by atoms with Crippen LogP contribution in [0.2, 0.25) is 0 Å². The van der Waals surface area contributed by atoms with Gasteiger partial charge >= 0.3 is 0 Å². The van der Waals surface area contributed by atoms with E-state index >= 15 is 0 Å². The molecule has 0 unspecified atom stereocenters. The molecule has 2 aromatic carbocycles. The van der Waals surface area contributed by atoms with E-state index in [2.05, 4.69) is 0 Å². The average molecular weight is 286 g/mol. The van der Waals surface area contributed by atoms with E-state index in [4.69, 9.17) is 0 Å². The van der Waals surface area contributed by atoms with Gasteiger partial charge in [0.2, 0.25) is 0 Å². The SMILES string of the molecule is O=C(CC(=O)N(O)c1ccccc1)N(O)c1ccccc1. The minimum absolute atomic E-state index is 0.250. The van der Waals surface area contributed by atoms with Crippen molar-refractivity contribution in [3.63, 3.8) is 0 Å². The van der Waals surface area contributed by atoms with Crippen molar-refractivity contribution in [3.8, 4) is 0 Å². The van der Waals surface area contributed by atoms with E-state index in [1.54, 1.807) is 36.4 Å². The standard InChI is InChI=1S/C15H14N2O4/c18-14(16(20)12-7-3-1-4-8-12)11-15(19)17(21)13-9-5-2-6-10-13/h1-10,20-21H,11H2. The molecular weight excluding hydrogens is 272 g/mol. The molecular formula is C15H14N2O4. The summed E-state index contributed by atoms with van der Waals surface area (Å²) in [6.45, 7) is 0. The van der Waals surface area contributed by atoms with Crippen molar-refractivity contribution in [2.45, 2.75) is 6.42 Å². The van der Waals surface area contributed by atoms with Crippen LogP contribution < -0.4 is 10.1 Å². The van der Waals surface area contributed by atoms with Crippen molar-refractivity contribution >= 4 is 23.2 Å². The molecule has 0 bridgehead atoms. The van der Waals surface area contributed by atoms with Crippen LogP contribution in [-0.4, -0.2) is 22.2 Å². The molecule has 0 heterocycles. The fourth-order valence-corrected chi connectivity index (χ4v) is 1.71. The molecule has 0 aliphatic carbocycles. The molecule has 0 saturated heterocycles. The predicted molar refractivity (Wildman–Crippen MR) is 76.0 cm³/mol. The van der Waals surface area contributed by atoms with Crippen molar-refractivity contribution in [2.75, 3.05) is 10.1 Å². The van der Waals surface area contributed by atoms with E-state index < -0.39 is 18.2 Å². The van der Waals surface area contributed by atoms with Gasteiger partial charge in [0.25, 0.3) is 11.8 Å². The minimum Gasteiger partial charge on any atom is -0.281 e. The summed E-state index contributed by atoms with van der Waals surface area (Å²) in [7, 11) is 0. The molecule has 0 radical (unpaired) electrons. The summed E-state index contributed by atoms with van der Waals surface area (Å²) >= 11 is 0. The van der Waals surface area contributed by atoms with Crippen LogP contribution in [0.1, 0.15) is 6.42 Å². The Labute approximate surface area is 121 Å². The minimum atomic E-state index is -0.832. The predicted octanol–water partition coefficient (Wildman–Crippen LogP) is 2.22. The van der Waals surface area contributed by atoms with Gasteiger partial charge in [-0.3, -0.25) is 20.0 Å². The zero-order chi connectivity index (χ0) is 15.2. The summed E-state index contributed by atoms with van der Waals surface area (Å²) in [6.07, 6.45) is -0.656. The summed E-state index contributed by atoms with van der Waals surface area (Å²) in [5.41, 5.74) is 0.499. The van der Waals surface area contributed by atoms with Gasteiger partial charge < -0.3 is 0 Å². The summed E-state index contributed by atoms with van der Waals surface area (Å²) in [5.74, 6) is -1.66. The number of carbonyl (C=O) groups is 2. The van der Waals surface area contributed by atoms with Gasteiger partial charge in [0, 0.05) is 0 Å². The number of para-hydroxylation sites is 2. The first kappa shape index (κ1) is 14.7. The molecule has 2 rings (SSSR count). The Morgan fingerprint density at radius 3 is 1.38 bits per heavy atom. The fourth-order valence-electron chi connectivity index (χ4n) is 1.71. The second-order valence-electron chi connectivity index (χ2n) is 4.26. The third kappa shape index (κ3) is 3.65. The third-order valence-electron chi connectivity index (χ3n) is 2.78. The molecule has 0 aromatic heterocycles. The van der Waals surface area contributed by atoms with Gasteiger partial charge in [-0.05, 0) is 24.3 Å². The van der Waals surface area contributed by atoms with Gasteiger partial charge in [0.1, 0.15) is 6.42 Å². The lowest BCUT2D eigenvalue weighted by Gasteiger charge is -2.17. The summed E-state index contributed by atoms with van der Waals surface area (Å²) in [5, 5.41) is 20.2. The Balaban J connectivity index is 2.01. The zero-order valence-electron chi connectivity index (χ0n) is 11.1. The number of anilines is 2. The van der Waals surface area contributed by atoms with Crippen LogP contribution in [0.25, 0.3) is 0 Å². The number of rotatable bonds is 4. The van der Waals surface area contributed by atoms with E-state index in [1.807, 2.05) is 0 Å². The van der Waals surface area contributed by atoms with Crippen LogP contribution in [0.15, 0.2) is 60.7 Å². The van der Waals surface area contributed by atoms with Gasteiger partial charge in [0.15, 0.2) is 0 Å². The number of hydrogen-bond acceptors (Lipinski definition) is 4. The van der Waals surface area contributed by atoms with Gasteiger partial charge in [-0.15, -0.1) is 0 Å². The lowest BCUT2D eigenvalue weighted by atomic mass is 10.2. The Morgan fingerprint density at radius 2 is 1.05 bits per heavy atom. The molecule has 2 aromatic rings. The molecule has 0 spiro atoms. The highest BCUT2D eigenvalue weighted by Crippen LogP contribution is 2.15. The second-order valence-corrected chi connectivity index (χ2v) is 4.26. The molecule has 2 amide bonds. The van der Waals surface area contributed by atoms with E-state index in [9.17, 15) is 20.0 Å². The molecule has 0 atom stereocenters. The van der Waals surface area contributed by atoms with E-state index in [0.717, 1.165) is 0 Å². The Kier molecular flexibility index (Phi) is 4.65. The van der Waals surface area contributed by atoms with Gasteiger partial charge in [-0.25, -0.2) is 0 Å². The number of carbonyl (C=O) groups excluding carboxylic acids is 2. The number of amides is 2. The highest BCUT2D eigenvalue weighted by molar-refractivity contribution is 6.08. The van der Waals surface area contributed by atoms with Crippen molar-refractivity contribution in [2.24, 2.45) is 0 Å².